The topological polar surface area (TPSA) is 55.0 Å². The lowest BCUT2D eigenvalue weighted by molar-refractivity contribution is 0.452. The van der Waals surface area contributed by atoms with Gasteiger partial charge in [0.1, 0.15) is 9.32 Å². The van der Waals surface area contributed by atoms with E-state index >= 15 is 0 Å². The molecule has 0 fully saturated rings. The number of H-pyrrole nitrogens is 1. The molecule has 0 bridgehead atoms. The van der Waals surface area contributed by atoms with Crippen molar-refractivity contribution in [2.75, 3.05) is 0 Å². The van der Waals surface area contributed by atoms with Gasteiger partial charge in [-0.1, -0.05) is 32.9 Å². The number of hydrogen-bond donors (Lipinski definition) is 1. The van der Waals surface area contributed by atoms with E-state index in [0.717, 1.165) is 5.56 Å². The lowest BCUT2D eigenvalue weighted by Gasteiger charge is -2.20. The molecule has 0 aliphatic heterocycles. The van der Waals surface area contributed by atoms with Crippen molar-refractivity contribution in [2.45, 2.75) is 33.1 Å². The standard InChI is InChI=1S/C15H17IN2O2/c1-9-7-10(15(2,3)4)5-6-11(9)20-14-12(16)13(19)17-8-18-14/h5-8H,1-4H3,(H,17,18,19). The predicted molar refractivity (Wildman–Crippen MR) is 87.5 cm³/mol. The van der Waals surface area contributed by atoms with E-state index in [0.29, 0.717) is 15.2 Å². The molecule has 0 aliphatic rings. The van der Waals surface area contributed by atoms with Gasteiger partial charge >= 0.3 is 0 Å². The summed E-state index contributed by atoms with van der Waals surface area (Å²) in [6, 6.07) is 6.08. The first kappa shape index (κ1) is 15.0. The number of ether oxygens (including phenoxy) is 1. The predicted octanol–water partition coefficient (Wildman–Crippen LogP) is 3.77. The Morgan fingerprint density at radius 2 is 2.00 bits per heavy atom. The van der Waals surface area contributed by atoms with Crippen LogP contribution in [-0.4, -0.2) is 9.97 Å². The van der Waals surface area contributed by atoms with Crippen molar-refractivity contribution in [3.63, 3.8) is 0 Å². The first-order valence-corrected chi connectivity index (χ1v) is 7.39. The molecule has 0 aliphatic carbocycles. The Morgan fingerprint density at radius 1 is 1.30 bits per heavy atom. The minimum absolute atomic E-state index is 0.0971. The third-order valence-electron chi connectivity index (χ3n) is 3.01. The number of rotatable bonds is 2. The fraction of sp³-hybridized carbons (Fsp3) is 0.333. The van der Waals surface area contributed by atoms with Crippen LogP contribution in [0.15, 0.2) is 29.3 Å². The number of nitrogens with one attached hydrogen (secondary N) is 1. The maximum absolute atomic E-state index is 11.5. The van der Waals surface area contributed by atoms with Crippen LogP contribution in [0, 0.1) is 10.5 Å². The highest BCUT2D eigenvalue weighted by molar-refractivity contribution is 14.1. The molecule has 0 spiro atoms. The summed E-state index contributed by atoms with van der Waals surface area (Å²) in [5.74, 6) is 1.05. The maximum Gasteiger partial charge on any atom is 0.268 e. The van der Waals surface area contributed by atoms with Gasteiger partial charge in [-0.3, -0.25) is 4.79 Å². The zero-order valence-electron chi connectivity index (χ0n) is 12.0. The zero-order chi connectivity index (χ0) is 14.9. The summed E-state index contributed by atoms with van der Waals surface area (Å²) in [6.07, 6.45) is 1.35. The van der Waals surface area contributed by atoms with Gasteiger partial charge in [-0.25, -0.2) is 4.98 Å². The Hall–Kier alpha value is -1.37. The molecule has 1 aromatic carbocycles. The van der Waals surface area contributed by atoms with Crippen LogP contribution >= 0.6 is 22.6 Å². The fourth-order valence-electron chi connectivity index (χ4n) is 1.77. The van der Waals surface area contributed by atoms with Crippen LogP contribution in [0.2, 0.25) is 0 Å². The first-order valence-electron chi connectivity index (χ1n) is 6.31. The van der Waals surface area contributed by atoms with Gasteiger partial charge in [-0.15, -0.1) is 0 Å². The van der Waals surface area contributed by atoms with Gasteiger partial charge < -0.3 is 9.72 Å². The van der Waals surface area contributed by atoms with Crippen LogP contribution in [0.25, 0.3) is 0 Å². The molecule has 5 heteroatoms. The van der Waals surface area contributed by atoms with Crippen molar-refractivity contribution in [2.24, 2.45) is 0 Å². The number of halogens is 1. The van der Waals surface area contributed by atoms with E-state index in [1.165, 1.54) is 11.9 Å². The molecule has 1 N–H and O–H groups in total. The van der Waals surface area contributed by atoms with Crippen LogP contribution in [0.5, 0.6) is 11.6 Å². The highest BCUT2D eigenvalue weighted by Gasteiger charge is 2.16. The molecular formula is C15H17IN2O2. The summed E-state index contributed by atoms with van der Waals surface area (Å²) in [6.45, 7) is 8.50. The molecule has 0 saturated heterocycles. The third kappa shape index (κ3) is 3.20. The second-order valence-corrected chi connectivity index (χ2v) is 6.76. The van der Waals surface area contributed by atoms with Gasteiger partial charge in [0.15, 0.2) is 0 Å². The minimum Gasteiger partial charge on any atom is -0.437 e. The van der Waals surface area contributed by atoms with E-state index < -0.39 is 0 Å². The normalized spacial score (nSPS) is 11.4. The molecule has 106 valence electrons. The summed E-state index contributed by atoms with van der Waals surface area (Å²) in [4.78, 5) is 18.1. The Bertz CT molecular complexity index is 687. The van der Waals surface area contributed by atoms with E-state index in [1.807, 2.05) is 41.6 Å². The first-order chi connectivity index (χ1) is 9.29. The Labute approximate surface area is 131 Å². The molecule has 0 atom stereocenters. The SMILES string of the molecule is Cc1cc(C(C)(C)C)ccc1Oc1nc[nH]c(=O)c1I. The van der Waals surface area contributed by atoms with Gasteiger partial charge in [-0.05, 0) is 52.1 Å². The third-order valence-corrected chi connectivity index (χ3v) is 3.96. The van der Waals surface area contributed by atoms with E-state index in [2.05, 4.69) is 36.8 Å². The Balaban J connectivity index is 2.36. The smallest absolute Gasteiger partial charge is 0.268 e. The monoisotopic (exact) mass is 384 g/mol. The molecule has 1 aromatic heterocycles. The van der Waals surface area contributed by atoms with Crippen molar-refractivity contribution in [3.8, 4) is 11.6 Å². The number of aryl methyl sites for hydroxylation is 1. The van der Waals surface area contributed by atoms with Crippen molar-refractivity contribution in [1.82, 2.24) is 9.97 Å². The van der Waals surface area contributed by atoms with E-state index in [-0.39, 0.29) is 11.0 Å². The molecule has 0 amide bonds. The molecule has 0 saturated carbocycles. The molecule has 1 heterocycles. The summed E-state index contributed by atoms with van der Waals surface area (Å²) in [5, 5.41) is 0. The number of aromatic amines is 1. The average molecular weight is 384 g/mol. The van der Waals surface area contributed by atoms with Crippen molar-refractivity contribution in [3.05, 3.63) is 49.6 Å². The molecule has 4 nitrogen and oxygen atoms in total. The van der Waals surface area contributed by atoms with Crippen LogP contribution in [0.1, 0.15) is 31.9 Å². The largest absolute Gasteiger partial charge is 0.437 e. The summed E-state index contributed by atoms with van der Waals surface area (Å²) in [5.41, 5.74) is 2.17. The number of aromatic nitrogens is 2. The van der Waals surface area contributed by atoms with E-state index in [4.69, 9.17) is 4.74 Å². The van der Waals surface area contributed by atoms with Gasteiger partial charge in [0.05, 0.1) is 6.33 Å². The molecule has 20 heavy (non-hydrogen) atoms. The van der Waals surface area contributed by atoms with Crippen LogP contribution < -0.4 is 10.3 Å². The van der Waals surface area contributed by atoms with Crippen LogP contribution in [-0.2, 0) is 5.41 Å². The lowest BCUT2D eigenvalue weighted by Crippen LogP contribution is -2.12. The van der Waals surface area contributed by atoms with Crippen LogP contribution in [0.3, 0.4) is 0 Å². The van der Waals surface area contributed by atoms with Crippen molar-refractivity contribution < 1.29 is 4.74 Å². The van der Waals surface area contributed by atoms with Crippen molar-refractivity contribution >= 4 is 22.6 Å². The summed E-state index contributed by atoms with van der Waals surface area (Å²) < 4.78 is 6.20. The van der Waals surface area contributed by atoms with Crippen LogP contribution in [0.4, 0.5) is 0 Å². The molecule has 0 radical (unpaired) electrons. The fourth-order valence-corrected chi connectivity index (χ4v) is 2.18. The minimum atomic E-state index is -0.195. The molecule has 0 unspecified atom stereocenters. The van der Waals surface area contributed by atoms with Gasteiger partial charge in [0.2, 0.25) is 5.88 Å². The highest BCUT2D eigenvalue weighted by atomic mass is 127. The second kappa shape index (κ2) is 5.55. The lowest BCUT2D eigenvalue weighted by atomic mass is 9.86. The Morgan fingerprint density at radius 3 is 2.60 bits per heavy atom. The average Bonchev–Trinajstić information content (AvgIpc) is 2.36. The van der Waals surface area contributed by atoms with Gasteiger partial charge in [0.25, 0.3) is 5.56 Å². The van der Waals surface area contributed by atoms with Gasteiger partial charge in [0, 0.05) is 0 Å². The molecular weight excluding hydrogens is 367 g/mol. The number of hydrogen-bond acceptors (Lipinski definition) is 3. The Kier molecular flexibility index (Phi) is 4.17. The number of nitrogens with zero attached hydrogens (tertiary/aromatic N) is 1. The summed E-state index contributed by atoms with van der Waals surface area (Å²) in [7, 11) is 0. The zero-order valence-corrected chi connectivity index (χ0v) is 14.1. The quantitative estimate of drug-likeness (QED) is 0.802. The van der Waals surface area contributed by atoms with E-state index in [1.54, 1.807) is 0 Å². The number of benzene rings is 1. The maximum atomic E-state index is 11.5. The second-order valence-electron chi connectivity index (χ2n) is 5.68. The summed E-state index contributed by atoms with van der Waals surface area (Å²) >= 11 is 1.93. The van der Waals surface area contributed by atoms with Gasteiger partial charge in [-0.2, -0.15) is 0 Å². The van der Waals surface area contributed by atoms with E-state index in [9.17, 15) is 4.79 Å². The highest BCUT2D eigenvalue weighted by Crippen LogP contribution is 2.30. The van der Waals surface area contributed by atoms with Crippen molar-refractivity contribution in [1.29, 1.82) is 0 Å². The molecule has 2 aromatic rings. The molecule has 2 rings (SSSR count).